The molecule has 6 heteroatoms. The monoisotopic (exact) mass is 312 g/mol. The van der Waals surface area contributed by atoms with Crippen LogP contribution in [0.3, 0.4) is 0 Å². The molecule has 0 saturated carbocycles. The summed E-state index contributed by atoms with van der Waals surface area (Å²) in [7, 11) is 1.84. The lowest BCUT2D eigenvalue weighted by atomic mass is 9.95. The SMILES string of the molecule is CNc1nc(NCCC2CCNCC2)cc(-c2ccncc2)n1. The van der Waals surface area contributed by atoms with Crippen molar-refractivity contribution in [2.24, 2.45) is 5.92 Å². The molecule has 0 atom stereocenters. The molecule has 1 aliphatic heterocycles. The highest BCUT2D eigenvalue weighted by molar-refractivity contribution is 5.63. The second kappa shape index (κ2) is 7.87. The van der Waals surface area contributed by atoms with E-state index in [1.165, 1.54) is 19.3 Å². The lowest BCUT2D eigenvalue weighted by Crippen LogP contribution is -2.28. The molecule has 1 fully saturated rings. The minimum atomic E-state index is 0.628. The fourth-order valence-corrected chi connectivity index (χ4v) is 2.89. The number of anilines is 2. The largest absolute Gasteiger partial charge is 0.370 e. The third kappa shape index (κ3) is 4.39. The Bertz CT molecular complexity index is 610. The lowest BCUT2D eigenvalue weighted by Gasteiger charge is -2.22. The Balaban J connectivity index is 1.66. The zero-order valence-corrected chi connectivity index (χ0v) is 13.5. The van der Waals surface area contributed by atoms with Crippen molar-refractivity contribution in [1.29, 1.82) is 0 Å². The van der Waals surface area contributed by atoms with Gasteiger partial charge < -0.3 is 16.0 Å². The van der Waals surface area contributed by atoms with E-state index in [1.807, 2.05) is 25.2 Å². The molecule has 2 aromatic rings. The molecule has 0 bridgehead atoms. The van der Waals surface area contributed by atoms with Gasteiger partial charge in [-0.2, -0.15) is 4.98 Å². The van der Waals surface area contributed by atoms with Crippen LogP contribution in [0.4, 0.5) is 11.8 Å². The van der Waals surface area contributed by atoms with Crippen LogP contribution in [-0.2, 0) is 0 Å². The van der Waals surface area contributed by atoms with Gasteiger partial charge in [0.15, 0.2) is 0 Å². The minimum absolute atomic E-state index is 0.628. The predicted molar refractivity (Wildman–Crippen MR) is 93.5 cm³/mol. The van der Waals surface area contributed by atoms with Gasteiger partial charge in [-0.1, -0.05) is 0 Å². The van der Waals surface area contributed by atoms with Crippen molar-refractivity contribution in [1.82, 2.24) is 20.3 Å². The summed E-state index contributed by atoms with van der Waals surface area (Å²) in [4.78, 5) is 13.1. The zero-order valence-electron chi connectivity index (χ0n) is 13.5. The van der Waals surface area contributed by atoms with E-state index in [-0.39, 0.29) is 0 Å². The molecule has 0 spiro atoms. The van der Waals surface area contributed by atoms with E-state index < -0.39 is 0 Å². The smallest absolute Gasteiger partial charge is 0.224 e. The quantitative estimate of drug-likeness (QED) is 0.760. The van der Waals surface area contributed by atoms with Crippen LogP contribution in [0.25, 0.3) is 11.3 Å². The number of aromatic nitrogens is 3. The molecule has 2 aromatic heterocycles. The van der Waals surface area contributed by atoms with Crippen molar-refractivity contribution in [2.75, 3.05) is 37.3 Å². The highest BCUT2D eigenvalue weighted by Gasteiger charge is 2.12. The lowest BCUT2D eigenvalue weighted by molar-refractivity contribution is 0.361. The molecule has 0 unspecified atom stereocenters. The molecule has 0 aliphatic carbocycles. The first-order chi connectivity index (χ1) is 11.3. The fourth-order valence-electron chi connectivity index (χ4n) is 2.89. The number of hydrogen-bond acceptors (Lipinski definition) is 6. The van der Waals surface area contributed by atoms with E-state index in [2.05, 4.69) is 30.9 Å². The Morgan fingerprint density at radius 1 is 1.17 bits per heavy atom. The van der Waals surface area contributed by atoms with Gasteiger partial charge in [-0.3, -0.25) is 4.98 Å². The molecule has 3 N–H and O–H groups in total. The maximum Gasteiger partial charge on any atom is 0.224 e. The summed E-state index contributed by atoms with van der Waals surface area (Å²) in [6.07, 6.45) is 7.29. The Hall–Kier alpha value is -2.21. The van der Waals surface area contributed by atoms with Gasteiger partial charge in [-0.15, -0.1) is 0 Å². The minimum Gasteiger partial charge on any atom is -0.370 e. The van der Waals surface area contributed by atoms with Crippen molar-refractivity contribution >= 4 is 11.8 Å². The van der Waals surface area contributed by atoms with Crippen molar-refractivity contribution in [3.8, 4) is 11.3 Å². The third-order valence-corrected chi connectivity index (χ3v) is 4.24. The van der Waals surface area contributed by atoms with Crippen molar-refractivity contribution < 1.29 is 0 Å². The van der Waals surface area contributed by atoms with Crippen molar-refractivity contribution in [3.63, 3.8) is 0 Å². The van der Waals surface area contributed by atoms with Crippen LogP contribution in [0, 0.1) is 5.92 Å². The molecule has 6 nitrogen and oxygen atoms in total. The third-order valence-electron chi connectivity index (χ3n) is 4.24. The predicted octanol–water partition coefficient (Wildman–Crippen LogP) is 2.38. The summed E-state index contributed by atoms with van der Waals surface area (Å²) >= 11 is 0. The number of piperidine rings is 1. The van der Waals surface area contributed by atoms with E-state index in [1.54, 1.807) is 12.4 Å². The van der Waals surface area contributed by atoms with E-state index in [0.717, 1.165) is 42.6 Å². The molecule has 1 saturated heterocycles. The molecule has 122 valence electrons. The highest BCUT2D eigenvalue weighted by atomic mass is 15.1. The van der Waals surface area contributed by atoms with Crippen LogP contribution in [0.2, 0.25) is 0 Å². The fraction of sp³-hybridized carbons (Fsp3) is 0.471. The van der Waals surface area contributed by atoms with Crippen molar-refractivity contribution in [2.45, 2.75) is 19.3 Å². The first-order valence-electron chi connectivity index (χ1n) is 8.27. The normalized spacial score (nSPS) is 15.3. The van der Waals surface area contributed by atoms with Gasteiger partial charge in [0.2, 0.25) is 5.95 Å². The first-order valence-corrected chi connectivity index (χ1v) is 8.27. The summed E-state index contributed by atoms with van der Waals surface area (Å²) in [5.74, 6) is 2.31. The van der Waals surface area contributed by atoms with Gasteiger partial charge in [0.25, 0.3) is 0 Å². The van der Waals surface area contributed by atoms with E-state index >= 15 is 0 Å². The molecular weight excluding hydrogens is 288 g/mol. The molecule has 1 aliphatic rings. The summed E-state index contributed by atoms with van der Waals surface area (Å²) in [5.41, 5.74) is 1.94. The number of nitrogens with one attached hydrogen (secondary N) is 3. The topological polar surface area (TPSA) is 74.8 Å². The summed E-state index contributed by atoms with van der Waals surface area (Å²) in [6, 6.07) is 5.92. The van der Waals surface area contributed by atoms with Crippen LogP contribution in [0.15, 0.2) is 30.6 Å². The standard InChI is InChI=1S/C17H24N6/c1-18-17-22-15(14-5-9-20-10-6-14)12-16(23-17)21-11-4-13-2-7-19-8-3-13/h5-6,9-10,12-13,19H,2-4,7-8,11H2,1H3,(H2,18,21,22,23). The van der Waals surface area contributed by atoms with Gasteiger partial charge in [-0.25, -0.2) is 4.98 Å². The number of pyridine rings is 1. The maximum absolute atomic E-state index is 4.52. The van der Waals surface area contributed by atoms with Crippen LogP contribution in [-0.4, -0.2) is 41.6 Å². The van der Waals surface area contributed by atoms with E-state index in [9.17, 15) is 0 Å². The van der Waals surface area contributed by atoms with E-state index in [4.69, 9.17) is 0 Å². The summed E-state index contributed by atoms with van der Waals surface area (Å²) in [6.45, 7) is 3.24. The summed E-state index contributed by atoms with van der Waals surface area (Å²) < 4.78 is 0. The van der Waals surface area contributed by atoms with Gasteiger partial charge >= 0.3 is 0 Å². The maximum atomic E-state index is 4.52. The average Bonchev–Trinajstić information content (AvgIpc) is 2.63. The van der Waals surface area contributed by atoms with Gasteiger partial charge in [0.05, 0.1) is 5.69 Å². The Labute approximate surface area is 137 Å². The number of rotatable bonds is 6. The average molecular weight is 312 g/mol. The Kier molecular flexibility index (Phi) is 5.37. The van der Waals surface area contributed by atoms with Crippen molar-refractivity contribution in [3.05, 3.63) is 30.6 Å². The molecule has 0 radical (unpaired) electrons. The van der Waals surface area contributed by atoms with Crippen LogP contribution < -0.4 is 16.0 Å². The molecule has 3 heterocycles. The van der Waals surface area contributed by atoms with Gasteiger partial charge in [0, 0.05) is 37.6 Å². The Morgan fingerprint density at radius 2 is 1.96 bits per heavy atom. The van der Waals surface area contributed by atoms with Crippen LogP contribution >= 0.6 is 0 Å². The van der Waals surface area contributed by atoms with Gasteiger partial charge in [0.1, 0.15) is 5.82 Å². The molecule has 3 rings (SSSR count). The molecule has 23 heavy (non-hydrogen) atoms. The van der Waals surface area contributed by atoms with Gasteiger partial charge in [-0.05, 0) is 50.4 Å². The van der Waals surface area contributed by atoms with Crippen LogP contribution in [0.5, 0.6) is 0 Å². The molecule has 0 amide bonds. The highest BCUT2D eigenvalue weighted by Crippen LogP contribution is 2.21. The zero-order chi connectivity index (χ0) is 15.9. The van der Waals surface area contributed by atoms with E-state index in [0.29, 0.717) is 5.95 Å². The molecular formula is C17H24N6. The van der Waals surface area contributed by atoms with Crippen LogP contribution in [0.1, 0.15) is 19.3 Å². The number of nitrogens with zero attached hydrogens (tertiary/aromatic N) is 3. The first kappa shape index (κ1) is 15.7. The second-order valence-corrected chi connectivity index (χ2v) is 5.86. The second-order valence-electron chi connectivity index (χ2n) is 5.86. The Morgan fingerprint density at radius 3 is 2.70 bits per heavy atom. The molecule has 0 aromatic carbocycles. The summed E-state index contributed by atoms with van der Waals surface area (Å²) in [5, 5.41) is 9.89. The number of hydrogen-bond donors (Lipinski definition) is 3.